The summed E-state index contributed by atoms with van der Waals surface area (Å²) in [5.74, 6) is -0.765. The first-order valence-corrected chi connectivity index (χ1v) is 26.6. The summed E-state index contributed by atoms with van der Waals surface area (Å²) in [7, 11) is 6.29. The maximum Gasteiger partial charge on any atom is 0.333 e. The fourth-order valence-electron chi connectivity index (χ4n) is 14.5. The summed E-state index contributed by atoms with van der Waals surface area (Å²) in [6.45, 7) is 16.8. The zero-order valence-corrected chi connectivity index (χ0v) is 44.9. The Hall–Kier alpha value is -1.98. The number of ketones is 1. The van der Waals surface area contributed by atoms with Crippen LogP contribution in [0.4, 0.5) is 0 Å². The van der Waals surface area contributed by atoms with E-state index in [1.807, 2.05) is 34.6 Å². The molecule has 4 heterocycles. The highest BCUT2D eigenvalue weighted by Gasteiger charge is 2.71. The number of carbonyl (C=O) groups excluding carboxylic acids is 2. The van der Waals surface area contributed by atoms with Gasteiger partial charge in [0.25, 0.3) is 0 Å². The first kappa shape index (κ1) is 56.2. The Balaban J connectivity index is 0.864. The lowest BCUT2D eigenvalue weighted by Crippen LogP contribution is -2.66. The predicted octanol–water partition coefficient (Wildman–Crippen LogP) is 5.23. The van der Waals surface area contributed by atoms with E-state index < -0.39 is 121 Å². The van der Waals surface area contributed by atoms with Crippen molar-refractivity contribution in [1.29, 1.82) is 0 Å². The molecule has 25 atom stereocenters. The summed E-state index contributed by atoms with van der Waals surface area (Å²) >= 11 is 0. The molecule has 3 N–H and O–H groups in total. The molecule has 0 spiro atoms. The van der Waals surface area contributed by atoms with E-state index in [1.54, 1.807) is 41.1 Å². The minimum absolute atomic E-state index is 0.0350. The molecular weight excluding hydrogens is 937 g/mol. The minimum Gasteiger partial charge on any atom is -0.458 e. The van der Waals surface area contributed by atoms with E-state index in [0.29, 0.717) is 56.9 Å². The molecule has 0 aromatic carbocycles. The number of allylic oxidation sites excluding steroid dienone is 2. The second kappa shape index (κ2) is 22.5. The number of ether oxygens (including phenoxy) is 13. The molecule has 0 amide bonds. The van der Waals surface area contributed by atoms with E-state index in [9.17, 15) is 24.9 Å². The van der Waals surface area contributed by atoms with Gasteiger partial charge in [-0.2, -0.15) is 0 Å². The highest BCUT2D eigenvalue weighted by molar-refractivity contribution is 5.88. The summed E-state index contributed by atoms with van der Waals surface area (Å²) < 4.78 is 81.1. The predicted molar refractivity (Wildman–Crippen MR) is 258 cm³/mol. The van der Waals surface area contributed by atoms with Gasteiger partial charge in [0.1, 0.15) is 48.5 Å². The maximum absolute atomic E-state index is 13.4. The number of hydrogen-bond donors (Lipinski definition) is 3. The first-order valence-electron chi connectivity index (χ1n) is 26.6. The van der Waals surface area contributed by atoms with Gasteiger partial charge in [0, 0.05) is 64.6 Å². The van der Waals surface area contributed by atoms with Crippen LogP contribution in [0.2, 0.25) is 0 Å². The van der Waals surface area contributed by atoms with Gasteiger partial charge in [-0.15, -0.1) is 0 Å². The molecule has 4 aliphatic carbocycles. The minimum atomic E-state index is -1.24. The number of esters is 1. The topological polar surface area (TPSA) is 215 Å². The van der Waals surface area contributed by atoms with Crippen LogP contribution in [0.25, 0.3) is 0 Å². The van der Waals surface area contributed by atoms with Gasteiger partial charge in [-0.05, 0) is 111 Å². The van der Waals surface area contributed by atoms with E-state index in [1.165, 1.54) is 19.8 Å². The maximum atomic E-state index is 13.4. The SMILES string of the molecule is CC=C(C)C(=O)OC1CC2C(CC=C3CC(O[C@H]4C[C@@H](OC)[C@H](O[C@H]5C[C@@H](OC)[C@H](O[C@@H]6OC(C)[C@@H](O[C@H]7C[C@@H](OC)[C@H](O)C(C)O7)[C@H](OC)C6O)C(C)O5)C(C)O4)CCC32C)C2(O)CCC(C(C)=O)C12C. The van der Waals surface area contributed by atoms with E-state index in [0.717, 1.165) is 12.8 Å². The number of aliphatic hydroxyl groups excluding tert-OH is 2. The Labute approximate surface area is 426 Å². The van der Waals surface area contributed by atoms with Crippen molar-refractivity contribution in [3.63, 3.8) is 0 Å². The highest BCUT2D eigenvalue weighted by atomic mass is 16.8. The number of rotatable bonds is 15. The van der Waals surface area contributed by atoms with Gasteiger partial charge in [0.2, 0.25) is 0 Å². The lowest BCUT2D eigenvalue weighted by molar-refractivity contribution is -0.365. The Morgan fingerprint density at radius 1 is 0.667 bits per heavy atom. The van der Waals surface area contributed by atoms with Gasteiger partial charge in [-0.3, -0.25) is 4.79 Å². The van der Waals surface area contributed by atoms with Crippen molar-refractivity contribution in [2.45, 2.75) is 249 Å². The summed E-state index contributed by atoms with van der Waals surface area (Å²) in [5, 5.41) is 34.9. The van der Waals surface area contributed by atoms with Crippen molar-refractivity contribution in [1.82, 2.24) is 0 Å². The van der Waals surface area contributed by atoms with Crippen molar-refractivity contribution in [2.75, 3.05) is 28.4 Å². The lowest BCUT2D eigenvalue weighted by Gasteiger charge is -2.63. The molecule has 410 valence electrons. The summed E-state index contributed by atoms with van der Waals surface area (Å²) in [6, 6.07) is 0. The molecule has 8 rings (SSSR count). The summed E-state index contributed by atoms with van der Waals surface area (Å²) in [4.78, 5) is 26.5. The second-order valence-electron chi connectivity index (χ2n) is 22.6. The standard InChI is InChI=1S/C54H86O18/c1-14-26(2)50(58)69-40-22-36-35(54(59)20-18-34(27(3)55)53(40,54)9)16-15-32-21-33(17-19-52(32,36)8)68-41-24-38(61-11)46(29(5)65-41)70-43-25-39(62-12)47(30(6)66-43)72-51-45(57)49(63-13)48(31(7)67-51)71-42-23-37(60-10)44(56)28(4)64-42/h14-15,28-31,33-49,51,56-57,59H,16-25H2,1-13H3/t28?,29?,30?,31?,33?,34?,35?,36?,37-,38-,39-,40?,41+,42+,43+,44-,45?,46-,47-,48-,49-,51+,52?,53?,54?/m1/s1. The van der Waals surface area contributed by atoms with Crippen molar-refractivity contribution >= 4 is 11.8 Å². The summed E-state index contributed by atoms with van der Waals surface area (Å²) in [5.41, 5.74) is -0.484. The zero-order chi connectivity index (χ0) is 52.2. The molecule has 8 aliphatic rings. The number of fused-ring (bicyclic) bond motifs is 5. The molecule has 18 heteroatoms. The monoisotopic (exact) mass is 1020 g/mol. The van der Waals surface area contributed by atoms with Crippen molar-refractivity contribution < 1.29 is 86.5 Å². The Morgan fingerprint density at radius 3 is 1.83 bits per heavy atom. The molecule has 18 nitrogen and oxygen atoms in total. The Kier molecular flexibility index (Phi) is 17.6. The van der Waals surface area contributed by atoms with Crippen molar-refractivity contribution in [3.05, 3.63) is 23.3 Å². The molecule has 7 fully saturated rings. The molecule has 13 unspecified atom stereocenters. The largest absolute Gasteiger partial charge is 0.458 e. The quantitative estimate of drug-likeness (QED) is 0.109. The molecule has 0 aromatic rings. The molecule has 0 aromatic heterocycles. The number of methoxy groups -OCH3 is 4. The summed E-state index contributed by atoms with van der Waals surface area (Å²) in [6.07, 6.45) is -2.07. The van der Waals surface area contributed by atoms with E-state index in [2.05, 4.69) is 13.0 Å². The fourth-order valence-corrected chi connectivity index (χ4v) is 14.5. The molecule has 72 heavy (non-hydrogen) atoms. The van der Waals surface area contributed by atoms with Crippen LogP contribution in [0.1, 0.15) is 127 Å². The second-order valence-corrected chi connectivity index (χ2v) is 22.6. The van der Waals surface area contributed by atoms with Crippen LogP contribution in [0.15, 0.2) is 23.3 Å². The molecule has 3 saturated carbocycles. The average Bonchev–Trinajstić information content (AvgIpc) is 3.64. The van der Waals surface area contributed by atoms with Crippen molar-refractivity contribution in [2.24, 2.45) is 28.6 Å². The van der Waals surface area contributed by atoms with Gasteiger partial charge in [-0.25, -0.2) is 4.79 Å². The van der Waals surface area contributed by atoms with Crippen LogP contribution in [0.5, 0.6) is 0 Å². The normalized spacial score (nSPS) is 49.8. The van der Waals surface area contributed by atoms with Crippen LogP contribution < -0.4 is 0 Å². The average molecular weight is 1020 g/mol. The Morgan fingerprint density at radius 2 is 1.24 bits per heavy atom. The number of aliphatic hydroxyl groups is 3. The van der Waals surface area contributed by atoms with Gasteiger partial charge in [0.05, 0.1) is 54.4 Å². The smallest absolute Gasteiger partial charge is 0.333 e. The third kappa shape index (κ3) is 10.3. The third-order valence-corrected chi connectivity index (χ3v) is 18.9. The number of Topliss-reactive ketones (excluding diaryl/α,β-unsaturated/α-hetero) is 1. The number of carbonyl (C=O) groups is 2. The third-order valence-electron chi connectivity index (χ3n) is 18.9. The molecular formula is C54H86O18. The van der Waals surface area contributed by atoms with Crippen LogP contribution in [-0.4, -0.2) is 178 Å². The van der Waals surface area contributed by atoms with Gasteiger partial charge < -0.3 is 76.9 Å². The lowest BCUT2D eigenvalue weighted by atomic mass is 9.45. The van der Waals surface area contributed by atoms with Crippen molar-refractivity contribution in [3.8, 4) is 0 Å². The zero-order valence-electron chi connectivity index (χ0n) is 44.9. The van der Waals surface area contributed by atoms with Gasteiger partial charge >= 0.3 is 5.97 Å². The van der Waals surface area contributed by atoms with Crippen LogP contribution in [0, 0.1) is 28.6 Å². The fraction of sp³-hybridized carbons (Fsp3) is 0.889. The highest BCUT2D eigenvalue weighted by Crippen LogP contribution is 2.68. The molecule has 0 bridgehead atoms. The molecule has 4 aliphatic heterocycles. The van der Waals surface area contributed by atoms with E-state index >= 15 is 0 Å². The molecule has 4 saturated heterocycles. The number of hydrogen-bond acceptors (Lipinski definition) is 18. The van der Waals surface area contributed by atoms with Gasteiger partial charge in [-0.1, -0.05) is 31.6 Å². The Bertz CT molecular complexity index is 1950. The van der Waals surface area contributed by atoms with Crippen LogP contribution >= 0.6 is 0 Å². The first-order chi connectivity index (χ1) is 34.1. The van der Waals surface area contributed by atoms with Crippen LogP contribution in [-0.2, 0) is 71.2 Å². The molecule has 0 radical (unpaired) electrons. The van der Waals surface area contributed by atoms with Gasteiger partial charge in [0.15, 0.2) is 25.2 Å². The van der Waals surface area contributed by atoms with Crippen LogP contribution in [0.3, 0.4) is 0 Å². The van der Waals surface area contributed by atoms with E-state index in [-0.39, 0.29) is 41.2 Å². The van der Waals surface area contributed by atoms with E-state index in [4.69, 9.17) is 61.6 Å².